The number of aliphatic hydroxyl groups is 2. The van der Waals surface area contributed by atoms with Gasteiger partial charge in [0.2, 0.25) is 0 Å². The summed E-state index contributed by atoms with van der Waals surface area (Å²) in [5.74, 6) is 0. The van der Waals surface area contributed by atoms with Crippen LogP contribution in [0.25, 0.3) is 0 Å². The Morgan fingerprint density at radius 3 is 1.47 bits per heavy atom. The molecule has 0 spiro atoms. The maximum Gasteiger partial charge on any atom is 0.0647 e. The molecule has 0 atom stereocenters. The summed E-state index contributed by atoms with van der Waals surface area (Å²) in [4.78, 5) is 0. The van der Waals surface area contributed by atoms with Crippen LogP contribution < -0.4 is 0 Å². The van der Waals surface area contributed by atoms with E-state index in [1.165, 1.54) is 25.7 Å². The minimum atomic E-state index is -0.459. The molecule has 2 nitrogen and oxygen atoms in total. The first-order valence-electron chi connectivity index (χ1n) is 7.51. The Labute approximate surface area is 107 Å². The lowest BCUT2D eigenvalue weighted by atomic mass is 9.85. The van der Waals surface area contributed by atoms with Crippen LogP contribution in [0.4, 0.5) is 0 Å². The van der Waals surface area contributed by atoms with Gasteiger partial charge in [-0.25, -0.2) is 0 Å². The van der Waals surface area contributed by atoms with Crippen LogP contribution in [0.5, 0.6) is 0 Å². The molecule has 0 saturated carbocycles. The molecule has 0 aromatic heterocycles. The van der Waals surface area contributed by atoms with Gasteiger partial charge in [-0.1, -0.05) is 52.4 Å². The monoisotopic (exact) mass is 244 g/mol. The molecule has 2 heteroatoms. The maximum atomic E-state index is 10.6. The molecule has 104 valence electrons. The molecular formula is C15H32O2. The molecule has 0 aliphatic heterocycles. The van der Waals surface area contributed by atoms with Crippen molar-refractivity contribution in [3.63, 3.8) is 0 Å². The Morgan fingerprint density at radius 2 is 1.12 bits per heavy atom. The van der Waals surface area contributed by atoms with Crippen molar-refractivity contribution < 1.29 is 10.2 Å². The van der Waals surface area contributed by atoms with Crippen molar-refractivity contribution >= 4 is 0 Å². The summed E-state index contributed by atoms with van der Waals surface area (Å²) in [6.45, 7) is 4.64. The highest BCUT2D eigenvalue weighted by molar-refractivity contribution is 4.78. The SMILES string of the molecule is CCCCCC(O)(CCCCC)CCCCO. The van der Waals surface area contributed by atoms with E-state index in [2.05, 4.69) is 13.8 Å². The molecule has 17 heavy (non-hydrogen) atoms. The number of hydrogen-bond acceptors (Lipinski definition) is 2. The average Bonchev–Trinajstić information content (AvgIpc) is 2.30. The molecule has 0 radical (unpaired) electrons. The van der Waals surface area contributed by atoms with Crippen LogP contribution in [0.2, 0.25) is 0 Å². The summed E-state index contributed by atoms with van der Waals surface area (Å²) in [6.07, 6.45) is 11.6. The molecule has 0 amide bonds. The first kappa shape index (κ1) is 16.9. The average molecular weight is 244 g/mol. The van der Waals surface area contributed by atoms with Gasteiger partial charge < -0.3 is 10.2 Å². The molecule has 0 saturated heterocycles. The van der Waals surface area contributed by atoms with Gasteiger partial charge in [-0.2, -0.15) is 0 Å². The Bertz CT molecular complexity index is 130. The topological polar surface area (TPSA) is 40.5 Å². The van der Waals surface area contributed by atoms with Crippen molar-refractivity contribution in [3.05, 3.63) is 0 Å². The minimum Gasteiger partial charge on any atom is -0.396 e. The van der Waals surface area contributed by atoms with Gasteiger partial charge in [0.25, 0.3) is 0 Å². The van der Waals surface area contributed by atoms with E-state index in [9.17, 15) is 5.11 Å². The summed E-state index contributed by atoms with van der Waals surface area (Å²) in [7, 11) is 0. The summed E-state index contributed by atoms with van der Waals surface area (Å²) >= 11 is 0. The Balaban J connectivity index is 3.95. The minimum absolute atomic E-state index is 0.250. The Hall–Kier alpha value is -0.0800. The quantitative estimate of drug-likeness (QED) is 0.509. The smallest absolute Gasteiger partial charge is 0.0647 e. The zero-order valence-corrected chi connectivity index (χ0v) is 11.9. The maximum absolute atomic E-state index is 10.6. The number of rotatable bonds is 12. The molecule has 0 aromatic rings. The number of unbranched alkanes of at least 4 members (excludes halogenated alkanes) is 5. The molecule has 2 N–H and O–H groups in total. The summed E-state index contributed by atoms with van der Waals surface area (Å²) in [6, 6.07) is 0. The highest BCUT2D eigenvalue weighted by Gasteiger charge is 2.24. The van der Waals surface area contributed by atoms with Gasteiger partial charge in [0, 0.05) is 6.61 Å². The van der Waals surface area contributed by atoms with E-state index in [-0.39, 0.29) is 6.61 Å². The number of hydrogen-bond donors (Lipinski definition) is 2. The molecule has 0 heterocycles. The van der Waals surface area contributed by atoms with Crippen LogP contribution in [0.15, 0.2) is 0 Å². The van der Waals surface area contributed by atoms with Crippen LogP contribution in [0.3, 0.4) is 0 Å². The third kappa shape index (κ3) is 9.61. The van der Waals surface area contributed by atoms with Crippen molar-refractivity contribution in [3.8, 4) is 0 Å². The van der Waals surface area contributed by atoms with Crippen molar-refractivity contribution in [2.45, 2.75) is 90.1 Å². The van der Waals surface area contributed by atoms with E-state index in [0.29, 0.717) is 0 Å². The Morgan fingerprint density at radius 1 is 0.706 bits per heavy atom. The molecule has 0 aliphatic rings. The van der Waals surface area contributed by atoms with Crippen molar-refractivity contribution in [1.82, 2.24) is 0 Å². The third-order valence-corrected chi connectivity index (χ3v) is 3.54. The highest BCUT2D eigenvalue weighted by atomic mass is 16.3. The molecule has 0 rings (SSSR count). The standard InChI is InChI=1S/C15H32O2/c1-3-5-7-11-15(17,12-8-6-4-2)13-9-10-14-16/h16-17H,3-14H2,1-2H3. The fourth-order valence-corrected chi connectivity index (χ4v) is 2.35. The zero-order valence-electron chi connectivity index (χ0n) is 11.9. The van der Waals surface area contributed by atoms with Crippen LogP contribution in [0, 0.1) is 0 Å². The lowest BCUT2D eigenvalue weighted by Crippen LogP contribution is -2.28. The highest BCUT2D eigenvalue weighted by Crippen LogP contribution is 2.27. The van der Waals surface area contributed by atoms with Gasteiger partial charge in [-0.15, -0.1) is 0 Å². The van der Waals surface area contributed by atoms with Gasteiger partial charge in [-0.3, -0.25) is 0 Å². The predicted octanol–water partition coefficient (Wildman–Crippen LogP) is 4.04. The summed E-state index contributed by atoms with van der Waals surface area (Å²) in [5, 5.41) is 19.4. The van der Waals surface area contributed by atoms with E-state index in [0.717, 1.165) is 44.9 Å². The van der Waals surface area contributed by atoms with Crippen LogP contribution >= 0.6 is 0 Å². The normalized spacial score (nSPS) is 12.0. The van der Waals surface area contributed by atoms with E-state index in [1.807, 2.05) is 0 Å². The lowest BCUT2D eigenvalue weighted by Gasteiger charge is -2.28. The summed E-state index contributed by atoms with van der Waals surface area (Å²) in [5.41, 5.74) is -0.459. The van der Waals surface area contributed by atoms with Crippen LogP contribution in [0.1, 0.15) is 84.5 Å². The second kappa shape index (κ2) is 11.0. The fraction of sp³-hybridized carbons (Fsp3) is 1.00. The molecule has 0 aliphatic carbocycles. The molecule has 0 fully saturated rings. The predicted molar refractivity (Wildman–Crippen MR) is 74.2 cm³/mol. The molecule has 0 bridgehead atoms. The lowest BCUT2D eigenvalue weighted by molar-refractivity contribution is 0.00654. The van der Waals surface area contributed by atoms with E-state index >= 15 is 0 Å². The Kier molecular flexibility index (Phi) is 11.0. The van der Waals surface area contributed by atoms with Gasteiger partial charge in [0.15, 0.2) is 0 Å². The fourth-order valence-electron chi connectivity index (χ4n) is 2.35. The van der Waals surface area contributed by atoms with Crippen molar-refractivity contribution in [2.24, 2.45) is 0 Å². The second-order valence-corrected chi connectivity index (χ2v) is 5.32. The zero-order chi connectivity index (χ0) is 13.0. The van der Waals surface area contributed by atoms with E-state index in [1.54, 1.807) is 0 Å². The first-order valence-corrected chi connectivity index (χ1v) is 7.51. The van der Waals surface area contributed by atoms with Crippen LogP contribution in [-0.2, 0) is 0 Å². The largest absolute Gasteiger partial charge is 0.396 e. The summed E-state index contributed by atoms with van der Waals surface area (Å²) < 4.78 is 0. The van der Waals surface area contributed by atoms with Gasteiger partial charge >= 0.3 is 0 Å². The van der Waals surface area contributed by atoms with Crippen LogP contribution in [-0.4, -0.2) is 22.4 Å². The molecular weight excluding hydrogens is 212 g/mol. The van der Waals surface area contributed by atoms with Gasteiger partial charge in [0.05, 0.1) is 5.60 Å². The van der Waals surface area contributed by atoms with E-state index < -0.39 is 5.60 Å². The molecule has 0 aromatic carbocycles. The second-order valence-electron chi connectivity index (χ2n) is 5.32. The first-order chi connectivity index (χ1) is 8.18. The van der Waals surface area contributed by atoms with E-state index in [4.69, 9.17) is 5.11 Å². The molecule has 0 unspecified atom stereocenters. The third-order valence-electron chi connectivity index (χ3n) is 3.54. The van der Waals surface area contributed by atoms with Crippen molar-refractivity contribution in [2.75, 3.05) is 6.61 Å². The van der Waals surface area contributed by atoms with Gasteiger partial charge in [0.1, 0.15) is 0 Å². The number of aliphatic hydroxyl groups excluding tert-OH is 1. The van der Waals surface area contributed by atoms with Gasteiger partial charge in [-0.05, 0) is 32.1 Å². The van der Waals surface area contributed by atoms with Crippen molar-refractivity contribution in [1.29, 1.82) is 0 Å².